The van der Waals surface area contributed by atoms with E-state index in [4.69, 9.17) is 5.14 Å². The standard InChI is InChI=1S/C18H22N2O6S3/c19-29(25,26)16-8-6-14(7-9-16)10-11-20-17-12-27(21,22)13-18(17)28(23,24)15-4-2-1-3-5-15/h1-9,17-18,20H,10-13H2,(H2,19,25,26)/t17-,18-/m0/s1. The Morgan fingerprint density at radius 3 is 2.10 bits per heavy atom. The van der Waals surface area contributed by atoms with Crippen molar-refractivity contribution in [3.05, 3.63) is 60.2 Å². The van der Waals surface area contributed by atoms with Crippen LogP contribution >= 0.6 is 0 Å². The molecule has 8 nitrogen and oxygen atoms in total. The lowest BCUT2D eigenvalue weighted by molar-refractivity contribution is 0.528. The zero-order valence-corrected chi connectivity index (χ0v) is 17.9. The fraction of sp³-hybridized carbons (Fsp3) is 0.333. The average molecular weight is 459 g/mol. The molecule has 29 heavy (non-hydrogen) atoms. The highest BCUT2D eigenvalue weighted by atomic mass is 32.2. The first-order chi connectivity index (χ1) is 13.5. The van der Waals surface area contributed by atoms with Crippen molar-refractivity contribution in [2.24, 2.45) is 5.14 Å². The van der Waals surface area contributed by atoms with Crippen molar-refractivity contribution < 1.29 is 25.3 Å². The van der Waals surface area contributed by atoms with Crippen molar-refractivity contribution in [3.63, 3.8) is 0 Å². The molecule has 0 bridgehead atoms. The lowest BCUT2D eigenvalue weighted by atomic mass is 10.1. The van der Waals surface area contributed by atoms with Crippen molar-refractivity contribution in [1.29, 1.82) is 0 Å². The molecule has 0 unspecified atom stereocenters. The summed E-state index contributed by atoms with van der Waals surface area (Å²) < 4.78 is 72.7. The second-order valence-electron chi connectivity index (χ2n) is 6.97. The third-order valence-corrected chi connectivity index (χ3v) is 9.94. The van der Waals surface area contributed by atoms with Crippen LogP contribution in [0.1, 0.15) is 5.56 Å². The van der Waals surface area contributed by atoms with Gasteiger partial charge in [0.15, 0.2) is 19.7 Å². The molecule has 1 saturated heterocycles. The van der Waals surface area contributed by atoms with E-state index in [1.165, 1.54) is 24.3 Å². The molecule has 1 fully saturated rings. The van der Waals surface area contributed by atoms with E-state index in [2.05, 4.69) is 5.32 Å². The molecule has 0 amide bonds. The van der Waals surface area contributed by atoms with Crippen molar-refractivity contribution in [3.8, 4) is 0 Å². The third-order valence-electron chi connectivity index (χ3n) is 4.84. The number of benzene rings is 2. The van der Waals surface area contributed by atoms with Crippen molar-refractivity contribution in [1.82, 2.24) is 5.32 Å². The fourth-order valence-electron chi connectivity index (χ4n) is 3.34. The Hall–Kier alpha value is -1.79. The SMILES string of the molecule is NS(=O)(=O)c1ccc(CCN[C@H]2CS(=O)(=O)C[C@@H]2S(=O)(=O)c2ccccc2)cc1. The highest BCUT2D eigenvalue weighted by Gasteiger charge is 2.45. The molecule has 0 radical (unpaired) electrons. The Kier molecular flexibility index (Phi) is 6.16. The van der Waals surface area contributed by atoms with E-state index in [-0.39, 0.29) is 15.5 Å². The minimum atomic E-state index is -3.80. The summed E-state index contributed by atoms with van der Waals surface area (Å²) in [4.78, 5) is 0.109. The number of hydrogen-bond donors (Lipinski definition) is 2. The van der Waals surface area contributed by atoms with Gasteiger partial charge in [0.2, 0.25) is 10.0 Å². The van der Waals surface area contributed by atoms with Gasteiger partial charge in [-0.2, -0.15) is 0 Å². The van der Waals surface area contributed by atoms with Crippen molar-refractivity contribution in [2.75, 3.05) is 18.1 Å². The summed E-state index contributed by atoms with van der Waals surface area (Å²) >= 11 is 0. The Balaban J connectivity index is 1.70. The molecule has 0 aliphatic carbocycles. The minimum Gasteiger partial charge on any atom is -0.311 e. The van der Waals surface area contributed by atoms with Gasteiger partial charge in [0.25, 0.3) is 0 Å². The van der Waals surface area contributed by atoms with Crippen LogP contribution in [0.4, 0.5) is 0 Å². The monoisotopic (exact) mass is 458 g/mol. The maximum absolute atomic E-state index is 12.9. The number of nitrogens with one attached hydrogen (secondary N) is 1. The van der Waals surface area contributed by atoms with Crippen LogP contribution in [-0.4, -0.2) is 54.6 Å². The second-order valence-corrected chi connectivity index (χ2v) is 12.9. The highest BCUT2D eigenvalue weighted by Crippen LogP contribution is 2.26. The Bertz CT molecular complexity index is 1180. The van der Waals surface area contributed by atoms with Gasteiger partial charge in [-0.15, -0.1) is 0 Å². The van der Waals surface area contributed by atoms with Crippen LogP contribution in [0.25, 0.3) is 0 Å². The predicted octanol–water partition coefficient (Wildman–Crippen LogP) is 0.106. The third kappa shape index (κ3) is 5.23. The minimum absolute atomic E-state index is 0.00474. The summed E-state index contributed by atoms with van der Waals surface area (Å²) in [6, 6.07) is 13.1. The molecule has 3 rings (SSSR count). The first-order valence-corrected chi connectivity index (χ1v) is 13.7. The van der Waals surface area contributed by atoms with Gasteiger partial charge in [-0.25, -0.2) is 30.4 Å². The first-order valence-electron chi connectivity index (χ1n) is 8.83. The number of nitrogens with two attached hydrogens (primary N) is 1. The first kappa shape index (κ1) is 21.9. The quantitative estimate of drug-likeness (QED) is 0.600. The molecule has 1 aliphatic heterocycles. The second kappa shape index (κ2) is 8.15. The summed E-state index contributed by atoms with van der Waals surface area (Å²) in [5.74, 6) is -0.654. The van der Waals surface area contributed by atoms with Crippen molar-refractivity contribution in [2.45, 2.75) is 27.5 Å². The lowest BCUT2D eigenvalue weighted by Gasteiger charge is -2.20. The maximum Gasteiger partial charge on any atom is 0.238 e. The van der Waals surface area contributed by atoms with Gasteiger partial charge in [0, 0.05) is 6.04 Å². The number of sulfonamides is 1. The van der Waals surface area contributed by atoms with E-state index in [0.29, 0.717) is 13.0 Å². The summed E-state index contributed by atoms with van der Waals surface area (Å²) in [6.07, 6.45) is 0.472. The normalized spacial score (nSPS) is 21.8. The molecule has 0 aromatic heterocycles. The molecular weight excluding hydrogens is 436 g/mol. The molecule has 3 N–H and O–H groups in total. The maximum atomic E-state index is 12.9. The van der Waals surface area contributed by atoms with E-state index >= 15 is 0 Å². The van der Waals surface area contributed by atoms with Crippen LogP contribution in [0.5, 0.6) is 0 Å². The molecule has 1 aliphatic rings. The van der Waals surface area contributed by atoms with Crippen LogP contribution in [0.15, 0.2) is 64.4 Å². The zero-order valence-electron chi connectivity index (χ0n) is 15.4. The van der Waals surface area contributed by atoms with E-state index in [1.54, 1.807) is 30.3 Å². The molecule has 2 aromatic rings. The lowest BCUT2D eigenvalue weighted by Crippen LogP contribution is -2.44. The number of rotatable bonds is 7. The topological polar surface area (TPSA) is 140 Å². The molecule has 2 aromatic carbocycles. The van der Waals surface area contributed by atoms with Crippen LogP contribution in [0.2, 0.25) is 0 Å². The fourth-order valence-corrected chi connectivity index (χ4v) is 8.60. The Morgan fingerprint density at radius 2 is 1.52 bits per heavy atom. The van der Waals surface area contributed by atoms with Gasteiger partial charge in [-0.1, -0.05) is 30.3 Å². The largest absolute Gasteiger partial charge is 0.311 e. The van der Waals surface area contributed by atoms with Crippen LogP contribution in [0, 0.1) is 0 Å². The van der Waals surface area contributed by atoms with E-state index in [1.807, 2.05) is 0 Å². The average Bonchev–Trinajstić information content (AvgIpc) is 2.97. The molecular formula is C18H22N2O6S3. The van der Waals surface area contributed by atoms with Gasteiger partial charge in [0.05, 0.1) is 26.5 Å². The van der Waals surface area contributed by atoms with Crippen LogP contribution < -0.4 is 10.5 Å². The van der Waals surface area contributed by atoms with Gasteiger partial charge in [-0.05, 0) is 42.8 Å². The molecule has 1 heterocycles. The summed E-state index contributed by atoms with van der Waals surface area (Å²) in [7, 11) is -11.0. The Labute approximate surface area is 171 Å². The zero-order chi connectivity index (χ0) is 21.3. The van der Waals surface area contributed by atoms with Gasteiger partial charge < -0.3 is 5.32 Å². The number of sulfone groups is 2. The van der Waals surface area contributed by atoms with E-state index in [9.17, 15) is 25.3 Å². The van der Waals surface area contributed by atoms with Crippen LogP contribution in [-0.2, 0) is 36.1 Å². The number of hydrogen-bond acceptors (Lipinski definition) is 7. The number of primary sulfonamides is 1. The molecule has 2 atom stereocenters. The van der Waals surface area contributed by atoms with Gasteiger partial charge in [0.1, 0.15) is 0 Å². The summed E-state index contributed by atoms with van der Waals surface area (Å²) in [5, 5.41) is 7.06. The van der Waals surface area contributed by atoms with E-state index < -0.39 is 46.7 Å². The van der Waals surface area contributed by atoms with Gasteiger partial charge >= 0.3 is 0 Å². The van der Waals surface area contributed by atoms with Crippen LogP contribution in [0.3, 0.4) is 0 Å². The van der Waals surface area contributed by atoms with Gasteiger partial charge in [-0.3, -0.25) is 0 Å². The summed E-state index contributed by atoms with van der Waals surface area (Å²) in [6.45, 7) is 0.343. The summed E-state index contributed by atoms with van der Waals surface area (Å²) in [5.41, 5.74) is 0.813. The smallest absolute Gasteiger partial charge is 0.238 e. The van der Waals surface area contributed by atoms with E-state index in [0.717, 1.165) is 5.56 Å². The van der Waals surface area contributed by atoms with Crippen molar-refractivity contribution >= 4 is 29.7 Å². The molecule has 11 heteroatoms. The molecule has 0 saturated carbocycles. The molecule has 158 valence electrons. The molecule has 0 spiro atoms. The Morgan fingerprint density at radius 1 is 0.897 bits per heavy atom. The highest BCUT2D eigenvalue weighted by molar-refractivity contribution is 7.96. The predicted molar refractivity (Wildman–Crippen MR) is 109 cm³/mol.